The molecule has 7 nitrogen and oxygen atoms in total. The quantitative estimate of drug-likeness (QED) is 0.481. The summed E-state index contributed by atoms with van der Waals surface area (Å²) in [6, 6.07) is 7.17. The van der Waals surface area contributed by atoms with Crippen molar-refractivity contribution < 1.29 is 15.1 Å². The molecule has 0 aliphatic rings. The fourth-order valence-corrected chi connectivity index (χ4v) is 2.13. The first-order valence-corrected chi connectivity index (χ1v) is 7.72. The maximum atomic E-state index is 11.1. The van der Waals surface area contributed by atoms with Gasteiger partial charge in [0, 0.05) is 0 Å². The molecule has 130 valence electrons. The van der Waals surface area contributed by atoms with Gasteiger partial charge in [0.1, 0.15) is 30.6 Å². The van der Waals surface area contributed by atoms with Gasteiger partial charge in [0.05, 0.1) is 12.3 Å². The van der Waals surface area contributed by atoms with Crippen LogP contribution < -0.4 is 4.74 Å². The van der Waals surface area contributed by atoms with Crippen molar-refractivity contribution in [2.75, 3.05) is 6.61 Å². The Morgan fingerprint density at radius 2 is 1.92 bits per heavy atom. The van der Waals surface area contributed by atoms with Crippen molar-refractivity contribution in [2.45, 2.75) is 39.8 Å². The van der Waals surface area contributed by atoms with E-state index in [9.17, 15) is 5.11 Å². The van der Waals surface area contributed by atoms with Gasteiger partial charge in [-0.25, -0.2) is 9.67 Å². The normalized spacial score (nSPS) is 15.1. The van der Waals surface area contributed by atoms with Crippen molar-refractivity contribution in [2.24, 2.45) is 10.6 Å². The standard InChI is InChI=1S/C17H24N4O3/c1-13(20-23)14-5-7-15(8-6-14)24-10-17(22,16(2,3)4)9-21-12-18-11-19-21/h5-8,11-12,22-23H,9-10H2,1-4H3/b20-13+. The van der Waals surface area contributed by atoms with Gasteiger partial charge in [-0.1, -0.05) is 25.9 Å². The molecular formula is C17H24N4O3. The van der Waals surface area contributed by atoms with Crippen molar-refractivity contribution in [1.82, 2.24) is 14.8 Å². The summed E-state index contributed by atoms with van der Waals surface area (Å²) in [5.41, 5.74) is -0.210. The number of oxime groups is 1. The van der Waals surface area contributed by atoms with Gasteiger partial charge in [0.2, 0.25) is 0 Å². The van der Waals surface area contributed by atoms with Crippen LogP contribution in [0, 0.1) is 5.41 Å². The monoisotopic (exact) mass is 332 g/mol. The molecule has 0 aliphatic heterocycles. The molecule has 1 aromatic carbocycles. The van der Waals surface area contributed by atoms with Crippen LogP contribution >= 0.6 is 0 Å². The molecule has 2 aromatic rings. The molecule has 7 heteroatoms. The predicted molar refractivity (Wildman–Crippen MR) is 90.4 cm³/mol. The second-order valence-electron chi connectivity index (χ2n) is 6.87. The summed E-state index contributed by atoms with van der Waals surface area (Å²) in [5.74, 6) is 0.630. The molecule has 0 fully saturated rings. The highest BCUT2D eigenvalue weighted by atomic mass is 16.5. The molecule has 0 saturated carbocycles. The zero-order valence-corrected chi connectivity index (χ0v) is 14.5. The van der Waals surface area contributed by atoms with Crippen molar-refractivity contribution in [3.8, 4) is 5.75 Å². The number of aromatic nitrogens is 3. The number of nitrogens with zero attached hydrogens (tertiary/aromatic N) is 4. The average molecular weight is 332 g/mol. The molecule has 0 bridgehead atoms. The third-order valence-corrected chi connectivity index (χ3v) is 4.19. The van der Waals surface area contributed by atoms with Crippen LogP contribution in [-0.4, -0.2) is 43.0 Å². The molecule has 1 heterocycles. The summed E-state index contributed by atoms with van der Waals surface area (Å²) in [5, 5.41) is 27.1. The van der Waals surface area contributed by atoms with Gasteiger partial charge in [-0.3, -0.25) is 0 Å². The summed E-state index contributed by atoms with van der Waals surface area (Å²) in [6.45, 7) is 7.98. The van der Waals surface area contributed by atoms with Crippen molar-refractivity contribution in [1.29, 1.82) is 0 Å². The van der Waals surface area contributed by atoms with Gasteiger partial charge in [0.25, 0.3) is 0 Å². The Hall–Kier alpha value is -2.41. The largest absolute Gasteiger partial charge is 0.490 e. The predicted octanol–water partition coefficient (Wildman–Crippen LogP) is 2.33. The third kappa shape index (κ3) is 4.11. The van der Waals surface area contributed by atoms with E-state index in [2.05, 4.69) is 15.2 Å². The van der Waals surface area contributed by atoms with Crippen LogP contribution in [0.4, 0.5) is 0 Å². The van der Waals surface area contributed by atoms with Gasteiger partial charge in [0.15, 0.2) is 0 Å². The Balaban J connectivity index is 2.10. The second-order valence-corrected chi connectivity index (χ2v) is 6.87. The van der Waals surface area contributed by atoms with E-state index in [0.29, 0.717) is 11.5 Å². The number of rotatable bonds is 6. The van der Waals surface area contributed by atoms with E-state index in [1.807, 2.05) is 20.8 Å². The van der Waals surface area contributed by atoms with E-state index in [1.54, 1.807) is 42.2 Å². The van der Waals surface area contributed by atoms with Crippen LogP contribution in [0.1, 0.15) is 33.3 Å². The first-order valence-electron chi connectivity index (χ1n) is 7.72. The van der Waals surface area contributed by atoms with Crippen LogP contribution in [0.15, 0.2) is 42.1 Å². The van der Waals surface area contributed by atoms with E-state index in [-0.39, 0.29) is 13.2 Å². The maximum Gasteiger partial charge on any atom is 0.137 e. The minimum Gasteiger partial charge on any atom is -0.490 e. The molecule has 1 atom stereocenters. The number of hydrogen-bond donors (Lipinski definition) is 2. The lowest BCUT2D eigenvalue weighted by molar-refractivity contribution is -0.101. The molecule has 2 rings (SSSR count). The van der Waals surface area contributed by atoms with E-state index in [4.69, 9.17) is 9.94 Å². The lowest BCUT2D eigenvalue weighted by Crippen LogP contribution is -2.51. The van der Waals surface area contributed by atoms with Crippen LogP contribution in [-0.2, 0) is 6.54 Å². The molecular weight excluding hydrogens is 308 g/mol. The van der Waals surface area contributed by atoms with Gasteiger partial charge in [-0.05, 0) is 42.2 Å². The zero-order chi connectivity index (χ0) is 17.8. The van der Waals surface area contributed by atoms with Crippen molar-refractivity contribution in [3.05, 3.63) is 42.5 Å². The Morgan fingerprint density at radius 3 is 2.42 bits per heavy atom. The van der Waals surface area contributed by atoms with Gasteiger partial charge in [-0.2, -0.15) is 5.10 Å². The molecule has 0 radical (unpaired) electrons. The second kappa shape index (κ2) is 7.00. The first-order chi connectivity index (χ1) is 11.2. The molecule has 24 heavy (non-hydrogen) atoms. The fourth-order valence-electron chi connectivity index (χ4n) is 2.13. The van der Waals surface area contributed by atoms with Crippen LogP contribution in [0.25, 0.3) is 0 Å². The summed E-state index contributed by atoms with van der Waals surface area (Å²) in [4.78, 5) is 3.91. The number of benzene rings is 1. The molecule has 1 unspecified atom stereocenters. The summed E-state index contributed by atoms with van der Waals surface area (Å²) in [7, 11) is 0. The van der Waals surface area contributed by atoms with Crippen molar-refractivity contribution in [3.63, 3.8) is 0 Å². The molecule has 0 saturated heterocycles. The fraction of sp³-hybridized carbons (Fsp3) is 0.471. The number of aliphatic hydroxyl groups is 1. The molecule has 0 amide bonds. The maximum absolute atomic E-state index is 11.1. The molecule has 1 aromatic heterocycles. The lowest BCUT2D eigenvalue weighted by Gasteiger charge is -2.39. The average Bonchev–Trinajstić information content (AvgIpc) is 3.04. The van der Waals surface area contributed by atoms with Gasteiger partial charge < -0.3 is 15.1 Å². The third-order valence-electron chi connectivity index (χ3n) is 4.19. The van der Waals surface area contributed by atoms with Crippen molar-refractivity contribution >= 4 is 5.71 Å². The Bertz CT molecular complexity index is 675. The molecule has 2 N–H and O–H groups in total. The summed E-state index contributed by atoms with van der Waals surface area (Å²) >= 11 is 0. The zero-order valence-electron chi connectivity index (χ0n) is 14.5. The molecule has 0 spiro atoms. The van der Waals surface area contributed by atoms with Crippen LogP contribution in [0.5, 0.6) is 5.75 Å². The van der Waals surface area contributed by atoms with Crippen LogP contribution in [0.2, 0.25) is 0 Å². The van der Waals surface area contributed by atoms with Crippen LogP contribution in [0.3, 0.4) is 0 Å². The van der Waals surface area contributed by atoms with E-state index < -0.39 is 11.0 Å². The minimum atomic E-state index is -1.12. The lowest BCUT2D eigenvalue weighted by atomic mass is 9.77. The Labute approximate surface area is 141 Å². The van der Waals surface area contributed by atoms with E-state index in [0.717, 1.165) is 5.56 Å². The first kappa shape index (κ1) is 17.9. The highest BCUT2D eigenvalue weighted by Gasteiger charge is 2.41. The SMILES string of the molecule is C/C(=N\O)c1ccc(OCC(O)(Cn2cncn2)C(C)(C)C)cc1. The smallest absolute Gasteiger partial charge is 0.137 e. The molecule has 0 aliphatic carbocycles. The highest BCUT2D eigenvalue weighted by Crippen LogP contribution is 2.32. The summed E-state index contributed by atoms with van der Waals surface area (Å²) < 4.78 is 7.40. The Morgan fingerprint density at radius 1 is 1.25 bits per heavy atom. The topological polar surface area (TPSA) is 92.8 Å². The number of hydrogen-bond acceptors (Lipinski definition) is 6. The Kier molecular flexibility index (Phi) is 5.23. The summed E-state index contributed by atoms with van der Waals surface area (Å²) in [6.07, 6.45) is 3.01. The van der Waals surface area contributed by atoms with Gasteiger partial charge in [-0.15, -0.1) is 0 Å². The van der Waals surface area contributed by atoms with E-state index in [1.165, 1.54) is 6.33 Å². The minimum absolute atomic E-state index is 0.114. The number of ether oxygens (including phenoxy) is 1. The van der Waals surface area contributed by atoms with Gasteiger partial charge >= 0.3 is 0 Å². The highest BCUT2D eigenvalue weighted by molar-refractivity contribution is 5.98. The van der Waals surface area contributed by atoms with E-state index >= 15 is 0 Å².